The average Bonchev–Trinajstić information content (AvgIpc) is 3.08. The SMILES string of the molecule is CCN1CCc2nc(NC(=O)COc3c(Cl)cc(Cl)c4ccc(C)nc34)sc2C1. The number of fused-ring (bicyclic) bond motifs is 2. The lowest BCUT2D eigenvalue weighted by Gasteiger charge is -2.23. The summed E-state index contributed by atoms with van der Waals surface area (Å²) in [6.07, 6.45) is 0.906. The van der Waals surface area contributed by atoms with Crippen LogP contribution in [0.3, 0.4) is 0 Å². The Morgan fingerprint density at radius 3 is 2.93 bits per heavy atom. The van der Waals surface area contributed by atoms with Crippen LogP contribution in [-0.4, -0.2) is 40.5 Å². The maximum Gasteiger partial charge on any atom is 0.264 e. The van der Waals surface area contributed by atoms with Gasteiger partial charge in [0.25, 0.3) is 5.91 Å². The van der Waals surface area contributed by atoms with Crippen molar-refractivity contribution in [2.24, 2.45) is 0 Å². The minimum Gasteiger partial charge on any atom is -0.480 e. The van der Waals surface area contributed by atoms with Gasteiger partial charge in [-0.2, -0.15) is 0 Å². The molecule has 1 N–H and O–H groups in total. The van der Waals surface area contributed by atoms with E-state index in [0.29, 0.717) is 26.4 Å². The quantitative estimate of drug-likeness (QED) is 0.609. The van der Waals surface area contributed by atoms with Crippen LogP contribution in [0.25, 0.3) is 10.9 Å². The Hall–Kier alpha value is -1.93. The molecule has 0 spiro atoms. The molecule has 0 bridgehead atoms. The fourth-order valence-corrected chi connectivity index (χ4v) is 4.93. The molecule has 9 heteroatoms. The summed E-state index contributed by atoms with van der Waals surface area (Å²) in [6, 6.07) is 5.33. The zero-order chi connectivity index (χ0) is 20.5. The van der Waals surface area contributed by atoms with E-state index in [4.69, 9.17) is 27.9 Å². The van der Waals surface area contributed by atoms with Gasteiger partial charge in [0.1, 0.15) is 5.52 Å². The standard InChI is InChI=1S/C20H20Cl2N4O2S/c1-3-26-7-6-15-16(9-26)29-20(24-15)25-17(27)10-28-19-14(22)8-13(21)12-5-4-11(2)23-18(12)19/h4-5,8H,3,6-7,9-10H2,1-2H3,(H,24,25,27). The van der Waals surface area contributed by atoms with Crippen LogP contribution < -0.4 is 10.1 Å². The highest BCUT2D eigenvalue weighted by Crippen LogP contribution is 2.37. The normalized spacial score (nSPS) is 14.1. The average molecular weight is 451 g/mol. The van der Waals surface area contributed by atoms with Gasteiger partial charge < -0.3 is 4.74 Å². The second kappa shape index (κ2) is 8.44. The van der Waals surface area contributed by atoms with Gasteiger partial charge in [0.05, 0.1) is 15.7 Å². The predicted molar refractivity (Wildman–Crippen MR) is 117 cm³/mol. The van der Waals surface area contributed by atoms with E-state index < -0.39 is 0 Å². The molecule has 29 heavy (non-hydrogen) atoms. The van der Waals surface area contributed by atoms with Crippen LogP contribution in [0.2, 0.25) is 10.0 Å². The number of aromatic nitrogens is 2. The molecule has 2 aromatic heterocycles. The maximum absolute atomic E-state index is 12.4. The first kappa shape index (κ1) is 20.3. The van der Waals surface area contributed by atoms with E-state index in [1.807, 2.05) is 19.1 Å². The zero-order valence-electron chi connectivity index (χ0n) is 16.1. The lowest BCUT2D eigenvalue weighted by Crippen LogP contribution is -2.29. The molecule has 0 atom stereocenters. The van der Waals surface area contributed by atoms with Crippen LogP contribution in [0.4, 0.5) is 5.13 Å². The Morgan fingerprint density at radius 2 is 2.14 bits per heavy atom. The van der Waals surface area contributed by atoms with Crippen molar-refractivity contribution in [3.8, 4) is 5.75 Å². The van der Waals surface area contributed by atoms with Crippen LogP contribution in [0, 0.1) is 6.92 Å². The fraction of sp³-hybridized carbons (Fsp3) is 0.350. The summed E-state index contributed by atoms with van der Waals surface area (Å²) in [5.74, 6) is 0.0530. The molecule has 1 aliphatic rings. The second-order valence-electron chi connectivity index (χ2n) is 6.86. The summed E-state index contributed by atoms with van der Waals surface area (Å²) >= 11 is 14.1. The van der Waals surface area contributed by atoms with Gasteiger partial charge in [-0.15, -0.1) is 11.3 Å². The van der Waals surface area contributed by atoms with E-state index in [0.717, 1.165) is 42.8 Å². The number of amides is 1. The number of carbonyl (C=O) groups excluding carboxylic acids is 1. The number of hydrogen-bond donors (Lipinski definition) is 1. The zero-order valence-corrected chi connectivity index (χ0v) is 18.4. The number of likely N-dealkylation sites (N-methyl/N-ethyl adjacent to an activating group) is 1. The van der Waals surface area contributed by atoms with E-state index >= 15 is 0 Å². The Bertz CT molecular complexity index is 1090. The highest BCUT2D eigenvalue weighted by molar-refractivity contribution is 7.15. The van der Waals surface area contributed by atoms with Crippen LogP contribution in [0.1, 0.15) is 23.2 Å². The number of nitrogens with one attached hydrogen (secondary N) is 1. The van der Waals surface area contributed by atoms with E-state index in [-0.39, 0.29) is 12.5 Å². The lowest BCUT2D eigenvalue weighted by molar-refractivity contribution is -0.118. The van der Waals surface area contributed by atoms with Gasteiger partial charge in [-0.1, -0.05) is 30.1 Å². The van der Waals surface area contributed by atoms with Crippen molar-refractivity contribution in [2.75, 3.05) is 25.0 Å². The van der Waals surface area contributed by atoms with Crippen molar-refractivity contribution >= 4 is 56.5 Å². The van der Waals surface area contributed by atoms with Crippen molar-refractivity contribution in [2.45, 2.75) is 26.8 Å². The lowest BCUT2D eigenvalue weighted by atomic mass is 10.2. The molecule has 0 fully saturated rings. The maximum atomic E-state index is 12.4. The number of aryl methyl sites for hydroxylation is 1. The number of thiazole rings is 1. The van der Waals surface area contributed by atoms with Crippen molar-refractivity contribution in [1.82, 2.24) is 14.9 Å². The van der Waals surface area contributed by atoms with E-state index in [2.05, 4.69) is 27.1 Å². The highest BCUT2D eigenvalue weighted by Gasteiger charge is 2.21. The van der Waals surface area contributed by atoms with Gasteiger partial charge in [-0.05, 0) is 31.7 Å². The molecule has 0 saturated carbocycles. The van der Waals surface area contributed by atoms with Crippen molar-refractivity contribution in [3.63, 3.8) is 0 Å². The Morgan fingerprint density at radius 1 is 1.31 bits per heavy atom. The first-order valence-corrected chi connectivity index (χ1v) is 10.9. The van der Waals surface area contributed by atoms with Crippen LogP contribution >= 0.6 is 34.5 Å². The summed E-state index contributed by atoms with van der Waals surface area (Å²) in [7, 11) is 0. The Labute approximate surface area is 182 Å². The molecule has 0 saturated heterocycles. The monoisotopic (exact) mass is 450 g/mol. The van der Waals surface area contributed by atoms with Gasteiger partial charge >= 0.3 is 0 Å². The van der Waals surface area contributed by atoms with Crippen molar-refractivity contribution in [1.29, 1.82) is 0 Å². The molecule has 3 aromatic rings. The molecule has 152 valence electrons. The third kappa shape index (κ3) is 4.33. The van der Waals surface area contributed by atoms with Crippen molar-refractivity contribution in [3.05, 3.63) is 44.5 Å². The van der Waals surface area contributed by atoms with E-state index in [9.17, 15) is 4.79 Å². The van der Waals surface area contributed by atoms with Crippen LogP contribution in [0.5, 0.6) is 5.75 Å². The van der Waals surface area contributed by atoms with Gasteiger partial charge in [0.2, 0.25) is 0 Å². The second-order valence-corrected chi connectivity index (χ2v) is 8.76. The molecular weight excluding hydrogens is 431 g/mol. The summed E-state index contributed by atoms with van der Waals surface area (Å²) in [6.45, 7) is 6.71. The van der Waals surface area contributed by atoms with E-state index in [1.54, 1.807) is 6.07 Å². The minimum absolute atomic E-state index is 0.197. The number of benzene rings is 1. The molecule has 1 amide bonds. The number of anilines is 1. The summed E-state index contributed by atoms with van der Waals surface area (Å²) in [4.78, 5) is 25.0. The summed E-state index contributed by atoms with van der Waals surface area (Å²) in [5.41, 5.74) is 2.42. The first-order chi connectivity index (χ1) is 13.9. The number of nitrogens with zero attached hydrogens (tertiary/aromatic N) is 3. The van der Waals surface area contributed by atoms with Crippen LogP contribution in [0.15, 0.2) is 18.2 Å². The number of rotatable bonds is 5. The highest BCUT2D eigenvalue weighted by atomic mass is 35.5. The van der Waals surface area contributed by atoms with Gasteiger partial charge in [0, 0.05) is 35.5 Å². The number of pyridine rings is 1. The smallest absolute Gasteiger partial charge is 0.264 e. The van der Waals surface area contributed by atoms with Gasteiger partial charge in [0.15, 0.2) is 17.5 Å². The predicted octanol–water partition coefficient (Wildman–Crippen LogP) is 4.70. The molecule has 6 nitrogen and oxygen atoms in total. The van der Waals surface area contributed by atoms with Gasteiger partial charge in [-0.25, -0.2) is 9.97 Å². The number of ether oxygens (including phenoxy) is 1. The molecule has 4 rings (SSSR count). The molecular formula is C20H20Cl2N4O2S. The van der Waals surface area contributed by atoms with Crippen molar-refractivity contribution < 1.29 is 9.53 Å². The third-order valence-electron chi connectivity index (χ3n) is 4.83. The number of halogens is 2. The molecule has 0 radical (unpaired) electrons. The number of hydrogen-bond acceptors (Lipinski definition) is 6. The summed E-state index contributed by atoms with van der Waals surface area (Å²) < 4.78 is 5.73. The Balaban J connectivity index is 1.47. The van der Waals surface area contributed by atoms with E-state index in [1.165, 1.54) is 16.2 Å². The largest absolute Gasteiger partial charge is 0.480 e. The molecule has 0 aliphatic carbocycles. The fourth-order valence-electron chi connectivity index (χ4n) is 3.29. The topological polar surface area (TPSA) is 67.4 Å². The van der Waals surface area contributed by atoms with Crippen LogP contribution in [-0.2, 0) is 17.8 Å². The molecule has 0 unspecified atom stereocenters. The van der Waals surface area contributed by atoms with Gasteiger partial charge in [-0.3, -0.25) is 15.0 Å². The number of carbonyl (C=O) groups is 1. The molecule has 1 aliphatic heterocycles. The minimum atomic E-state index is -0.296. The molecule has 3 heterocycles. The summed E-state index contributed by atoms with van der Waals surface area (Å²) in [5, 5.41) is 4.96. The molecule has 1 aromatic carbocycles. The first-order valence-electron chi connectivity index (χ1n) is 9.33. The third-order valence-corrected chi connectivity index (χ3v) is 6.42. The Kier molecular flexibility index (Phi) is 5.92.